The zero-order chi connectivity index (χ0) is 13.8. The highest BCUT2D eigenvalue weighted by Crippen LogP contribution is 2.32. The molecule has 0 saturated heterocycles. The average Bonchev–Trinajstić information content (AvgIpc) is 2.66. The van der Waals surface area contributed by atoms with Gasteiger partial charge in [0.1, 0.15) is 0 Å². The molecule has 0 spiro atoms. The maximum atomic E-state index is 5.98. The fraction of sp³-hybridized carbons (Fsp3) is 0.786. The Labute approximate surface area is 119 Å². The minimum Gasteiger partial charge on any atom is -0.330 e. The van der Waals surface area contributed by atoms with Crippen LogP contribution in [0.2, 0.25) is 0 Å². The maximum absolute atomic E-state index is 5.98. The van der Waals surface area contributed by atoms with Crippen molar-refractivity contribution in [2.24, 2.45) is 11.1 Å². The van der Waals surface area contributed by atoms with Crippen molar-refractivity contribution in [1.29, 1.82) is 0 Å². The molecule has 3 nitrogen and oxygen atoms in total. The minimum atomic E-state index is 0.176. The van der Waals surface area contributed by atoms with Crippen LogP contribution >= 0.6 is 15.9 Å². The van der Waals surface area contributed by atoms with Crippen molar-refractivity contribution in [2.75, 3.05) is 6.54 Å². The van der Waals surface area contributed by atoms with E-state index in [9.17, 15) is 0 Å². The molecule has 4 heteroatoms. The lowest BCUT2D eigenvalue weighted by Gasteiger charge is -2.28. The number of halogens is 1. The Balaban J connectivity index is 3.05. The zero-order valence-electron chi connectivity index (χ0n) is 12.1. The third kappa shape index (κ3) is 3.35. The molecule has 0 aromatic carbocycles. The Bertz CT molecular complexity index is 387. The van der Waals surface area contributed by atoms with Crippen LogP contribution in [0, 0.1) is 5.41 Å². The lowest BCUT2D eigenvalue weighted by Crippen LogP contribution is -2.30. The normalized spacial score (nSPS) is 14.8. The number of nitrogens with two attached hydrogens (primary N) is 1. The second-order valence-corrected chi connectivity index (χ2v) is 6.11. The van der Waals surface area contributed by atoms with Crippen LogP contribution < -0.4 is 5.73 Å². The number of rotatable bonds is 7. The van der Waals surface area contributed by atoms with E-state index in [0.29, 0.717) is 0 Å². The van der Waals surface area contributed by atoms with Crippen LogP contribution in [0.5, 0.6) is 0 Å². The SMILES string of the molecule is CCCC(C)(CN)Cc1c(Br)c(CC)nn1CC. The smallest absolute Gasteiger partial charge is 0.0766 e. The molecule has 1 aromatic heterocycles. The molecule has 1 aromatic rings. The molecule has 2 N–H and O–H groups in total. The van der Waals surface area contributed by atoms with E-state index >= 15 is 0 Å². The number of aryl methyl sites for hydroxylation is 2. The highest BCUT2D eigenvalue weighted by Gasteiger charge is 2.26. The first-order valence-corrected chi connectivity index (χ1v) is 7.74. The third-order valence-corrected chi connectivity index (χ3v) is 4.55. The topological polar surface area (TPSA) is 43.8 Å². The number of hydrogen-bond acceptors (Lipinski definition) is 2. The van der Waals surface area contributed by atoms with Crippen molar-refractivity contribution in [3.05, 3.63) is 15.9 Å². The standard InChI is InChI=1S/C14H26BrN3/c1-5-8-14(4,10-16)9-12-13(15)11(6-2)17-18(12)7-3/h5-10,16H2,1-4H3. The third-order valence-electron chi connectivity index (χ3n) is 3.63. The predicted molar refractivity (Wildman–Crippen MR) is 80.8 cm³/mol. The summed E-state index contributed by atoms with van der Waals surface area (Å²) in [5, 5.41) is 4.65. The van der Waals surface area contributed by atoms with E-state index in [2.05, 4.69) is 53.4 Å². The highest BCUT2D eigenvalue weighted by atomic mass is 79.9. The molecule has 1 rings (SSSR count). The van der Waals surface area contributed by atoms with Crippen molar-refractivity contribution >= 4 is 15.9 Å². The van der Waals surface area contributed by atoms with E-state index in [0.717, 1.165) is 38.0 Å². The van der Waals surface area contributed by atoms with Crippen molar-refractivity contribution in [3.63, 3.8) is 0 Å². The molecule has 1 atom stereocenters. The summed E-state index contributed by atoms with van der Waals surface area (Å²) >= 11 is 3.71. The number of aromatic nitrogens is 2. The highest BCUT2D eigenvalue weighted by molar-refractivity contribution is 9.10. The molecule has 0 radical (unpaired) electrons. The first kappa shape index (κ1) is 15.7. The van der Waals surface area contributed by atoms with Gasteiger partial charge in [-0.2, -0.15) is 5.10 Å². The molecule has 0 bridgehead atoms. The fourth-order valence-corrected chi connectivity index (χ4v) is 3.16. The lowest BCUT2D eigenvalue weighted by atomic mass is 9.81. The van der Waals surface area contributed by atoms with E-state index < -0.39 is 0 Å². The van der Waals surface area contributed by atoms with E-state index in [1.54, 1.807) is 0 Å². The van der Waals surface area contributed by atoms with E-state index in [1.165, 1.54) is 16.6 Å². The summed E-state index contributed by atoms with van der Waals surface area (Å²) in [7, 11) is 0. The van der Waals surface area contributed by atoms with Gasteiger partial charge >= 0.3 is 0 Å². The number of nitrogens with zero attached hydrogens (tertiary/aromatic N) is 2. The van der Waals surface area contributed by atoms with Crippen LogP contribution in [-0.4, -0.2) is 16.3 Å². The quantitative estimate of drug-likeness (QED) is 0.836. The van der Waals surface area contributed by atoms with Gasteiger partial charge in [-0.15, -0.1) is 0 Å². The van der Waals surface area contributed by atoms with Crippen LogP contribution in [-0.2, 0) is 19.4 Å². The van der Waals surface area contributed by atoms with Crippen molar-refractivity contribution < 1.29 is 0 Å². The molecule has 0 aliphatic carbocycles. The van der Waals surface area contributed by atoms with Gasteiger partial charge in [0.25, 0.3) is 0 Å². The summed E-state index contributed by atoms with van der Waals surface area (Å²) in [6, 6.07) is 0. The van der Waals surface area contributed by atoms with Crippen molar-refractivity contribution in [2.45, 2.75) is 59.9 Å². The zero-order valence-corrected chi connectivity index (χ0v) is 13.7. The summed E-state index contributed by atoms with van der Waals surface area (Å²) in [5.41, 5.74) is 8.61. The molecule has 0 amide bonds. The minimum absolute atomic E-state index is 0.176. The van der Waals surface area contributed by atoms with Gasteiger partial charge in [0.2, 0.25) is 0 Å². The van der Waals surface area contributed by atoms with Crippen LogP contribution in [0.4, 0.5) is 0 Å². The monoisotopic (exact) mass is 315 g/mol. The van der Waals surface area contributed by atoms with Gasteiger partial charge in [0.05, 0.1) is 15.9 Å². The van der Waals surface area contributed by atoms with Gasteiger partial charge in [-0.25, -0.2) is 0 Å². The Morgan fingerprint density at radius 3 is 2.44 bits per heavy atom. The lowest BCUT2D eigenvalue weighted by molar-refractivity contribution is 0.293. The molecule has 1 unspecified atom stereocenters. The molecule has 18 heavy (non-hydrogen) atoms. The summed E-state index contributed by atoms with van der Waals surface area (Å²) in [4.78, 5) is 0. The van der Waals surface area contributed by atoms with Gasteiger partial charge < -0.3 is 5.73 Å². The molecule has 0 fully saturated rings. The van der Waals surface area contributed by atoms with Crippen molar-refractivity contribution in [3.8, 4) is 0 Å². The molecule has 1 heterocycles. The predicted octanol–water partition coefficient (Wildman–Crippen LogP) is 3.54. The summed E-state index contributed by atoms with van der Waals surface area (Å²) < 4.78 is 3.30. The Hall–Kier alpha value is -0.350. The van der Waals surface area contributed by atoms with Gasteiger partial charge in [-0.3, -0.25) is 4.68 Å². The molecule has 0 aliphatic heterocycles. The van der Waals surface area contributed by atoms with E-state index in [4.69, 9.17) is 5.73 Å². The van der Waals surface area contributed by atoms with Crippen LogP contribution in [0.3, 0.4) is 0 Å². The Kier molecular flexibility index (Phi) is 5.86. The van der Waals surface area contributed by atoms with Gasteiger partial charge in [-0.05, 0) is 54.1 Å². The molecule has 0 saturated carbocycles. The average molecular weight is 316 g/mol. The summed E-state index contributed by atoms with van der Waals surface area (Å²) in [6.07, 6.45) is 4.30. The van der Waals surface area contributed by atoms with Crippen LogP contribution in [0.15, 0.2) is 4.47 Å². The molecular weight excluding hydrogens is 290 g/mol. The molecule has 0 aliphatic rings. The summed E-state index contributed by atoms with van der Waals surface area (Å²) in [5.74, 6) is 0. The number of hydrogen-bond donors (Lipinski definition) is 1. The first-order chi connectivity index (χ1) is 8.51. The maximum Gasteiger partial charge on any atom is 0.0766 e. The van der Waals surface area contributed by atoms with Gasteiger partial charge in [0, 0.05) is 6.54 Å². The first-order valence-electron chi connectivity index (χ1n) is 6.95. The fourth-order valence-electron chi connectivity index (χ4n) is 2.46. The Morgan fingerprint density at radius 1 is 1.33 bits per heavy atom. The molecular formula is C14H26BrN3. The summed E-state index contributed by atoms with van der Waals surface area (Å²) in [6.45, 7) is 10.4. The van der Waals surface area contributed by atoms with Crippen molar-refractivity contribution in [1.82, 2.24) is 9.78 Å². The second kappa shape index (κ2) is 6.71. The van der Waals surface area contributed by atoms with Crippen LogP contribution in [0.25, 0.3) is 0 Å². The van der Waals surface area contributed by atoms with E-state index in [-0.39, 0.29) is 5.41 Å². The molecule has 104 valence electrons. The van der Waals surface area contributed by atoms with Gasteiger partial charge in [0.15, 0.2) is 0 Å². The van der Waals surface area contributed by atoms with E-state index in [1.807, 2.05) is 0 Å². The van der Waals surface area contributed by atoms with Gasteiger partial charge in [-0.1, -0.05) is 27.2 Å². The Morgan fingerprint density at radius 2 is 2.00 bits per heavy atom. The second-order valence-electron chi connectivity index (χ2n) is 5.32. The largest absolute Gasteiger partial charge is 0.330 e. The van der Waals surface area contributed by atoms with Crippen LogP contribution in [0.1, 0.15) is 51.9 Å².